The average molecular weight is 350 g/mol. The Morgan fingerprint density at radius 1 is 0.923 bits per heavy atom. The number of nitrogens with one attached hydrogen (secondary N) is 1. The Morgan fingerprint density at radius 3 is 2.50 bits per heavy atom. The second kappa shape index (κ2) is 6.65. The molecule has 0 saturated carbocycles. The highest BCUT2D eigenvalue weighted by molar-refractivity contribution is 5.82. The number of nitrogens with two attached hydrogens (primary N) is 1. The molecule has 4 aromatic rings. The van der Waals surface area contributed by atoms with E-state index in [0.717, 1.165) is 28.2 Å². The van der Waals surface area contributed by atoms with Crippen molar-refractivity contribution in [3.8, 4) is 11.1 Å². The van der Waals surface area contributed by atoms with Crippen molar-refractivity contribution >= 4 is 11.0 Å². The molecule has 0 fully saturated rings. The van der Waals surface area contributed by atoms with Crippen molar-refractivity contribution in [2.24, 2.45) is 5.73 Å². The van der Waals surface area contributed by atoms with Gasteiger partial charge in [0.05, 0.1) is 17.1 Å². The summed E-state index contributed by atoms with van der Waals surface area (Å²) in [4.78, 5) is 11.8. The van der Waals surface area contributed by atoms with Gasteiger partial charge in [0, 0.05) is 12.4 Å². The maximum atomic E-state index is 13.4. The molecule has 0 spiro atoms. The zero-order valence-corrected chi connectivity index (χ0v) is 13.8. The molecule has 0 unspecified atom stereocenters. The summed E-state index contributed by atoms with van der Waals surface area (Å²) in [5.74, 6) is -1.13. The Morgan fingerprint density at radius 2 is 1.73 bits per heavy atom. The number of rotatable bonds is 4. The van der Waals surface area contributed by atoms with E-state index in [1.54, 1.807) is 12.4 Å². The molecule has 26 heavy (non-hydrogen) atoms. The van der Waals surface area contributed by atoms with E-state index in [0.29, 0.717) is 17.8 Å². The summed E-state index contributed by atoms with van der Waals surface area (Å²) in [5.41, 5.74) is 10.6. The summed E-state index contributed by atoms with van der Waals surface area (Å²) in [6.45, 7) is 0. The molecule has 0 saturated heterocycles. The fraction of sp³-hybridized carbons (Fsp3) is 0.100. The predicted octanol–water partition coefficient (Wildman–Crippen LogP) is 4.15. The Bertz CT molecular complexity index is 1060. The number of pyridine rings is 1. The van der Waals surface area contributed by atoms with E-state index in [-0.39, 0.29) is 0 Å². The van der Waals surface area contributed by atoms with E-state index in [1.807, 2.05) is 30.3 Å². The van der Waals surface area contributed by atoms with Crippen LogP contribution in [0.15, 0.2) is 60.9 Å². The molecule has 2 aromatic carbocycles. The third kappa shape index (κ3) is 3.19. The van der Waals surface area contributed by atoms with Gasteiger partial charge in [0.25, 0.3) is 0 Å². The molecule has 4 rings (SSSR count). The van der Waals surface area contributed by atoms with E-state index in [2.05, 4.69) is 15.0 Å². The van der Waals surface area contributed by atoms with Crippen LogP contribution >= 0.6 is 0 Å². The lowest BCUT2D eigenvalue weighted by molar-refractivity contribution is 0.506. The predicted molar refractivity (Wildman–Crippen MR) is 96.3 cm³/mol. The average Bonchev–Trinajstić information content (AvgIpc) is 3.09. The first-order chi connectivity index (χ1) is 12.6. The van der Waals surface area contributed by atoms with Crippen LogP contribution in [0.1, 0.15) is 17.4 Å². The van der Waals surface area contributed by atoms with Gasteiger partial charge in [0.1, 0.15) is 5.82 Å². The smallest absolute Gasteiger partial charge is 0.159 e. The van der Waals surface area contributed by atoms with E-state index in [1.165, 1.54) is 12.1 Å². The number of halogens is 2. The molecule has 0 aliphatic heterocycles. The van der Waals surface area contributed by atoms with E-state index >= 15 is 0 Å². The number of nitrogens with zero attached hydrogens (tertiary/aromatic N) is 2. The van der Waals surface area contributed by atoms with Gasteiger partial charge in [-0.1, -0.05) is 12.1 Å². The number of H-pyrrole nitrogens is 1. The van der Waals surface area contributed by atoms with Gasteiger partial charge in [-0.3, -0.25) is 4.98 Å². The van der Waals surface area contributed by atoms with Crippen LogP contribution in [0.4, 0.5) is 8.78 Å². The number of fused-ring (bicyclic) bond motifs is 1. The molecule has 2 heterocycles. The highest BCUT2D eigenvalue weighted by Gasteiger charge is 2.14. The van der Waals surface area contributed by atoms with Crippen LogP contribution in [0.25, 0.3) is 22.2 Å². The third-order valence-electron chi connectivity index (χ3n) is 4.30. The van der Waals surface area contributed by atoms with Crippen LogP contribution in [-0.4, -0.2) is 15.0 Å². The van der Waals surface area contributed by atoms with Gasteiger partial charge in [-0.15, -0.1) is 0 Å². The fourth-order valence-electron chi connectivity index (χ4n) is 2.95. The summed E-state index contributed by atoms with van der Waals surface area (Å²) < 4.78 is 26.4. The molecule has 0 aliphatic carbocycles. The van der Waals surface area contributed by atoms with Gasteiger partial charge in [-0.05, 0) is 59.5 Å². The van der Waals surface area contributed by atoms with Gasteiger partial charge in [0.15, 0.2) is 11.6 Å². The summed E-state index contributed by atoms with van der Waals surface area (Å²) in [7, 11) is 0. The summed E-state index contributed by atoms with van der Waals surface area (Å²) in [6, 6.07) is 13.2. The highest BCUT2D eigenvalue weighted by atomic mass is 19.2. The third-order valence-corrected chi connectivity index (χ3v) is 4.30. The molecule has 0 amide bonds. The van der Waals surface area contributed by atoms with Crippen molar-refractivity contribution in [1.82, 2.24) is 15.0 Å². The van der Waals surface area contributed by atoms with Crippen molar-refractivity contribution in [2.75, 3.05) is 0 Å². The Kier molecular flexibility index (Phi) is 4.18. The first-order valence-corrected chi connectivity index (χ1v) is 8.20. The molecule has 6 heteroatoms. The van der Waals surface area contributed by atoms with Crippen LogP contribution in [0.5, 0.6) is 0 Å². The number of hydrogen-bond donors (Lipinski definition) is 2. The zero-order valence-electron chi connectivity index (χ0n) is 13.8. The molecule has 1 atom stereocenters. The van der Waals surface area contributed by atoms with Gasteiger partial charge in [-0.25, -0.2) is 13.8 Å². The minimum absolute atomic E-state index is 0.355. The summed E-state index contributed by atoms with van der Waals surface area (Å²) in [6.07, 6.45) is 3.85. The highest BCUT2D eigenvalue weighted by Crippen LogP contribution is 2.24. The first-order valence-electron chi connectivity index (χ1n) is 8.20. The lowest BCUT2D eigenvalue weighted by atomic mass is 10.1. The molecule has 0 radical (unpaired) electrons. The monoisotopic (exact) mass is 350 g/mol. The Labute approximate surface area is 148 Å². The molecule has 2 aromatic heterocycles. The topological polar surface area (TPSA) is 67.6 Å². The number of imidazole rings is 1. The van der Waals surface area contributed by atoms with Gasteiger partial charge in [-0.2, -0.15) is 0 Å². The second-order valence-corrected chi connectivity index (χ2v) is 6.15. The van der Waals surface area contributed by atoms with Crippen molar-refractivity contribution in [3.63, 3.8) is 0 Å². The van der Waals surface area contributed by atoms with Crippen LogP contribution in [0.3, 0.4) is 0 Å². The number of aromatic amines is 1. The second-order valence-electron chi connectivity index (χ2n) is 6.15. The number of hydrogen-bond acceptors (Lipinski definition) is 3. The van der Waals surface area contributed by atoms with E-state index in [9.17, 15) is 8.78 Å². The largest absolute Gasteiger partial charge is 0.341 e. The molecular weight excluding hydrogens is 334 g/mol. The SMILES string of the molecule is N[C@@H](Cc1ccc(F)c(F)c1)c1nc2ccc(-c3ccncc3)cc2[nH]1. The normalized spacial score (nSPS) is 12.4. The Balaban J connectivity index is 1.61. The lowest BCUT2D eigenvalue weighted by Crippen LogP contribution is -2.15. The van der Waals surface area contributed by atoms with E-state index < -0.39 is 17.7 Å². The van der Waals surface area contributed by atoms with Gasteiger partial charge < -0.3 is 10.7 Å². The van der Waals surface area contributed by atoms with Crippen molar-refractivity contribution in [1.29, 1.82) is 0 Å². The quantitative estimate of drug-likeness (QED) is 0.581. The summed E-state index contributed by atoms with van der Waals surface area (Å²) in [5, 5.41) is 0. The number of aromatic nitrogens is 3. The molecule has 130 valence electrons. The Hall–Kier alpha value is -3.12. The fourth-order valence-corrected chi connectivity index (χ4v) is 2.95. The molecular formula is C20H16F2N4. The first kappa shape index (κ1) is 16.4. The maximum Gasteiger partial charge on any atom is 0.159 e. The van der Waals surface area contributed by atoms with Crippen molar-refractivity contribution < 1.29 is 8.78 Å². The maximum absolute atomic E-state index is 13.4. The minimum Gasteiger partial charge on any atom is -0.341 e. The lowest BCUT2D eigenvalue weighted by Gasteiger charge is -2.09. The minimum atomic E-state index is -0.874. The van der Waals surface area contributed by atoms with Crippen LogP contribution in [-0.2, 0) is 6.42 Å². The molecule has 4 nitrogen and oxygen atoms in total. The number of benzene rings is 2. The summed E-state index contributed by atoms with van der Waals surface area (Å²) >= 11 is 0. The van der Waals surface area contributed by atoms with Crippen molar-refractivity contribution in [2.45, 2.75) is 12.5 Å². The standard InChI is InChI=1S/C20H16F2N4/c21-15-3-1-12(9-16(15)22)10-17(23)20-25-18-4-2-14(11-19(18)26-20)13-5-7-24-8-6-13/h1-9,11,17H,10,23H2,(H,25,26)/t17-/m0/s1. The van der Waals surface area contributed by atoms with Crippen molar-refractivity contribution in [3.05, 3.63) is 83.9 Å². The molecule has 0 aliphatic rings. The molecule has 0 bridgehead atoms. The van der Waals surface area contributed by atoms with Crippen LogP contribution in [0, 0.1) is 11.6 Å². The van der Waals surface area contributed by atoms with E-state index in [4.69, 9.17) is 5.73 Å². The molecule has 3 N–H and O–H groups in total. The van der Waals surface area contributed by atoms with Crippen LogP contribution < -0.4 is 5.73 Å². The van der Waals surface area contributed by atoms with Crippen LogP contribution in [0.2, 0.25) is 0 Å². The zero-order chi connectivity index (χ0) is 18.1. The van der Waals surface area contributed by atoms with Gasteiger partial charge in [0.2, 0.25) is 0 Å². The van der Waals surface area contributed by atoms with Gasteiger partial charge >= 0.3 is 0 Å².